The fourth-order valence-electron chi connectivity index (χ4n) is 3.28. The Labute approximate surface area is 177 Å². The first-order valence-electron chi connectivity index (χ1n) is 9.31. The molecule has 1 aliphatic rings. The van der Waals surface area contributed by atoms with E-state index in [4.69, 9.17) is 16.3 Å². The van der Waals surface area contributed by atoms with Crippen LogP contribution in [0.15, 0.2) is 77.5 Å². The van der Waals surface area contributed by atoms with Gasteiger partial charge in [0.25, 0.3) is 11.8 Å². The van der Waals surface area contributed by atoms with Gasteiger partial charge in [-0.15, -0.1) is 0 Å². The van der Waals surface area contributed by atoms with Crippen LogP contribution in [0.2, 0.25) is 0 Å². The molecule has 1 N–H and O–H groups in total. The number of nitrogens with zero attached hydrogens (tertiary/aromatic N) is 1. The van der Waals surface area contributed by atoms with Crippen LogP contribution in [0.3, 0.4) is 0 Å². The third-order valence-corrected chi connectivity index (χ3v) is 5.05. The standard InChI is InChI=1S/C23H17ClN2O4/c1-2-30-23(29)15-10-12-16(13-11-15)25-20-19(24)21(27)26(22(20)28)18-9-5-7-14-6-3-4-8-17(14)18/h3-13,25H,2H2,1H3. The number of imide groups is 1. The summed E-state index contributed by atoms with van der Waals surface area (Å²) in [6.07, 6.45) is 0. The lowest BCUT2D eigenvalue weighted by molar-refractivity contribution is -0.120. The predicted molar refractivity (Wildman–Crippen MR) is 115 cm³/mol. The first kappa shape index (κ1) is 19.7. The molecule has 7 heteroatoms. The Bertz CT molecular complexity index is 1200. The first-order valence-corrected chi connectivity index (χ1v) is 9.69. The van der Waals surface area contributed by atoms with Crippen LogP contribution in [-0.4, -0.2) is 24.4 Å². The lowest BCUT2D eigenvalue weighted by Crippen LogP contribution is -2.32. The number of ether oxygens (including phenoxy) is 1. The Hall–Kier alpha value is -3.64. The minimum atomic E-state index is -0.594. The molecule has 0 saturated heterocycles. The number of anilines is 2. The number of rotatable bonds is 5. The van der Waals surface area contributed by atoms with Crippen LogP contribution < -0.4 is 10.2 Å². The van der Waals surface area contributed by atoms with Crippen LogP contribution in [0, 0.1) is 0 Å². The number of fused-ring (bicyclic) bond motifs is 1. The molecule has 0 fully saturated rings. The number of carbonyl (C=O) groups excluding carboxylic acids is 3. The number of carbonyl (C=O) groups is 3. The van der Waals surface area contributed by atoms with Crippen molar-refractivity contribution < 1.29 is 19.1 Å². The molecule has 3 aromatic rings. The molecular weight excluding hydrogens is 404 g/mol. The number of amides is 2. The van der Waals surface area contributed by atoms with Gasteiger partial charge in [-0.25, -0.2) is 9.69 Å². The van der Waals surface area contributed by atoms with Gasteiger partial charge in [0.15, 0.2) is 0 Å². The first-order chi connectivity index (χ1) is 14.5. The van der Waals surface area contributed by atoms with Crippen molar-refractivity contribution in [3.63, 3.8) is 0 Å². The molecule has 0 radical (unpaired) electrons. The molecule has 30 heavy (non-hydrogen) atoms. The molecule has 4 rings (SSSR count). The maximum Gasteiger partial charge on any atom is 0.338 e. The van der Waals surface area contributed by atoms with Gasteiger partial charge in [0, 0.05) is 11.1 Å². The van der Waals surface area contributed by atoms with E-state index in [2.05, 4.69) is 5.32 Å². The summed E-state index contributed by atoms with van der Waals surface area (Å²) < 4.78 is 4.95. The number of hydrogen-bond donors (Lipinski definition) is 1. The number of benzene rings is 3. The van der Waals surface area contributed by atoms with E-state index in [9.17, 15) is 14.4 Å². The Morgan fingerprint density at radius 3 is 2.40 bits per heavy atom. The van der Waals surface area contributed by atoms with Crippen molar-refractivity contribution in [3.8, 4) is 0 Å². The van der Waals surface area contributed by atoms with Gasteiger partial charge >= 0.3 is 5.97 Å². The summed E-state index contributed by atoms with van der Waals surface area (Å²) in [6.45, 7) is 2.01. The highest BCUT2D eigenvalue weighted by Gasteiger charge is 2.39. The molecule has 1 heterocycles. The highest BCUT2D eigenvalue weighted by Crippen LogP contribution is 2.34. The maximum atomic E-state index is 13.1. The topological polar surface area (TPSA) is 75.7 Å². The van der Waals surface area contributed by atoms with E-state index < -0.39 is 17.8 Å². The third-order valence-electron chi connectivity index (χ3n) is 4.70. The summed E-state index contributed by atoms with van der Waals surface area (Å²) in [4.78, 5) is 38.7. The van der Waals surface area contributed by atoms with E-state index in [0.717, 1.165) is 15.7 Å². The summed E-state index contributed by atoms with van der Waals surface area (Å²) >= 11 is 6.22. The second kappa shape index (κ2) is 8.00. The molecule has 0 spiro atoms. The summed E-state index contributed by atoms with van der Waals surface area (Å²) in [5.74, 6) is -1.57. The Balaban J connectivity index is 1.62. The van der Waals surface area contributed by atoms with E-state index in [1.165, 1.54) is 0 Å². The van der Waals surface area contributed by atoms with Gasteiger partial charge in [0.1, 0.15) is 10.7 Å². The molecule has 0 bridgehead atoms. The van der Waals surface area contributed by atoms with Crippen molar-refractivity contribution >= 4 is 51.5 Å². The Morgan fingerprint density at radius 1 is 0.967 bits per heavy atom. The molecule has 0 aliphatic carbocycles. The maximum absolute atomic E-state index is 13.1. The molecule has 2 amide bonds. The molecule has 0 atom stereocenters. The van der Waals surface area contributed by atoms with Crippen molar-refractivity contribution in [3.05, 3.63) is 83.0 Å². The van der Waals surface area contributed by atoms with Gasteiger partial charge in [-0.3, -0.25) is 9.59 Å². The molecule has 3 aromatic carbocycles. The van der Waals surface area contributed by atoms with Gasteiger partial charge in [-0.2, -0.15) is 0 Å². The van der Waals surface area contributed by atoms with Crippen molar-refractivity contribution in [2.45, 2.75) is 6.92 Å². The molecule has 6 nitrogen and oxygen atoms in total. The smallest absolute Gasteiger partial charge is 0.338 e. The zero-order valence-corrected chi connectivity index (χ0v) is 16.8. The van der Waals surface area contributed by atoms with E-state index in [1.807, 2.05) is 30.3 Å². The third kappa shape index (κ3) is 3.42. The second-order valence-corrected chi connectivity index (χ2v) is 6.93. The number of hydrogen-bond acceptors (Lipinski definition) is 5. The summed E-state index contributed by atoms with van der Waals surface area (Å²) in [7, 11) is 0. The number of halogens is 1. The fraction of sp³-hybridized carbons (Fsp3) is 0.0870. The second-order valence-electron chi connectivity index (χ2n) is 6.56. The van der Waals surface area contributed by atoms with Gasteiger partial charge in [0.2, 0.25) is 0 Å². The Kier molecular flexibility index (Phi) is 5.25. The quantitative estimate of drug-likeness (QED) is 0.487. The zero-order valence-electron chi connectivity index (χ0n) is 16.0. The largest absolute Gasteiger partial charge is 0.462 e. The average molecular weight is 421 g/mol. The minimum absolute atomic E-state index is 0.0153. The molecule has 0 unspecified atom stereocenters. The molecule has 150 valence electrons. The SMILES string of the molecule is CCOC(=O)c1ccc(NC2=C(Cl)C(=O)N(c3cccc4ccccc34)C2=O)cc1. The average Bonchev–Trinajstić information content (AvgIpc) is 2.97. The van der Waals surface area contributed by atoms with Gasteiger partial charge < -0.3 is 10.1 Å². The van der Waals surface area contributed by atoms with Crippen molar-refractivity contribution in [1.82, 2.24) is 0 Å². The minimum Gasteiger partial charge on any atom is -0.462 e. The highest BCUT2D eigenvalue weighted by molar-refractivity contribution is 6.53. The van der Waals surface area contributed by atoms with Crippen molar-refractivity contribution in [1.29, 1.82) is 0 Å². The fourth-order valence-corrected chi connectivity index (χ4v) is 3.49. The van der Waals surface area contributed by atoms with E-state index in [0.29, 0.717) is 16.9 Å². The number of nitrogens with one attached hydrogen (secondary N) is 1. The normalized spacial score (nSPS) is 13.9. The van der Waals surface area contributed by atoms with Gasteiger partial charge in [0.05, 0.1) is 17.9 Å². The van der Waals surface area contributed by atoms with Crippen LogP contribution in [0.1, 0.15) is 17.3 Å². The molecule has 0 aromatic heterocycles. The van der Waals surface area contributed by atoms with E-state index >= 15 is 0 Å². The monoisotopic (exact) mass is 420 g/mol. The summed E-state index contributed by atoms with van der Waals surface area (Å²) in [6, 6.07) is 19.2. The predicted octanol–water partition coefficient (Wildman–Crippen LogP) is 4.45. The lowest BCUT2D eigenvalue weighted by atomic mass is 10.1. The summed E-state index contributed by atoms with van der Waals surface area (Å²) in [5, 5.41) is 4.38. The van der Waals surface area contributed by atoms with Crippen molar-refractivity contribution in [2.75, 3.05) is 16.8 Å². The molecular formula is C23H17ClN2O4. The summed E-state index contributed by atoms with van der Waals surface area (Å²) in [5.41, 5.74) is 1.35. The number of esters is 1. The van der Waals surface area contributed by atoms with E-state index in [1.54, 1.807) is 43.3 Å². The van der Waals surface area contributed by atoms with Crippen LogP contribution in [0.25, 0.3) is 10.8 Å². The zero-order chi connectivity index (χ0) is 21.3. The van der Waals surface area contributed by atoms with Crippen LogP contribution in [0.4, 0.5) is 11.4 Å². The van der Waals surface area contributed by atoms with Gasteiger partial charge in [-0.1, -0.05) is 48.0 Å². The van der Waals surface area contributed by atoms with Gasteiger partial charge in [-0.05, 0) is 42.6 Å². The van der Waals surface area contributed by atoms with Crippen LogP contribution >= 0.6 is 11.6 Å². The molecule has 1 aliphatic heterocycles. The van der Waals surface area contributed by atoms with E-state index in [-0.39, 0.29) is 17.3 Å². The lowest BCUT2D eigenvalue weighted by Gasteiger charge is -2.17. The highest BCUT2D eigenvalue weighted by atomic mass is 35.5. The molecule has 0 saturated carbocycles. The van der Waals surface area contributed by atoms with Crippen LogP contribution in [-0.2, 0) is 14.3 Å². The van der Waals surface area contributed by atoms with Crippen molar-refractivity contribution in [2.24, 2.45) is 0 Å². The Morgan fingerprint density at radius 2 is 1.67 bits per heavy atom. The van der Waals surface area contributed by atoms with Crippen LogP contribution in [0.5, 0.6) is 0 Å².